The maximum Gasteiger partial charge on any atom is 0.416 e. The summed E-state index contributed by atoms with van der Waals surface area (Å²) in [5, 5.41) is 4.61. The molecule has 2 aromatic rings. The number of carbonyl (C=O) groups is 2. The van der Waals surface area contributed by atoms with E-state index in [1.54, 1.807) is 18.3 Å². The highest BCUT2D eigenvalue weighted by Crippen LogP contribution is 2.29. The number of halogens is 3. The van der Waals surface area contributed by atoms with E-state index in [1.165, 1.54) is 6.20 Å². The molecule has 0 aliphatic carbocycles. The molecule has 0 saturated heterocycles. The number of pyridine rings is 1. The third-order valence-corrected chi connectivity index (χ3v) is 2.85. The van der Waals surface area contributed by atoms with Crippen LogP contribution in [-0.4, -0.2) is 16.8 Å². The standard InChI is InChI=1S/C15H12F3N3O2/c16-15(17,18)11-3-5-12(6-4-11)21-14(23)13(22)20-9-10-2-1-7-19-8-10/h1-8H,9H2,(H,20,22)(H,21,23). The van der Waals surface area contributed by atoms with Crippen molar-refractivity contribution in [1.82, 2.24) is 10.3 Å². The van der Waals surface area contributed by atoms with Crippen molar-refractivity contribution in [2.45, 2.75) is 12.7 Å². The van der Waals surface area contributed by atoms with Gasteiger partial charge in [-0.2, -0.15) is 13.2 Å². The van der Waals surface area contributed by atoms with Crippen LogP contribution in [0.1, 0.15) is 11.1 Å². The summed E-state index contributed by atoms with van der Waals surface area (Å²) in [4.78, 5) is 27.1. The van der Waals surface area contributed by atoms with Gasteiger partial charge in [-0.1, -0.05) is 6.07 Å². The van der Waals surface area contributed by atoms with Crippen LogP contribution in [-0.2, 0) is 22.3 Å². The second-order valence-electron chi connectivity index (χ2n) is 4.57. The van der Waals surface area contributed by atoms with Gasteiger partial charge in [0, 0.05) is 24.6 Å². The smallest absolute Gasteiger partial charge is 0.344 e. The summed E-state index contributed by atoms with van der Waals surface area (Å²) in [7, 11) is 0. The number of benzene rings is 1. The largest absolute Gasteiger partial charge is 0.416 e. The lowest BCUT2D eigenvalue weighted by atomic mass is 10.2. The van der Waals surface area contributed by atoms with Crippen molar-refractivity contribution in [1.29, 1.82) is 0 Å². The molecule has 1 aromatic heterocycles. The van der Waals surface area contributed by atoms with Crippen LogP contribution < -0.4 is 10.6 Å². The summed E-state index contributed by atoms with van der Waals surface area (Å²) in [6, 6.07) is 7.21. The quantitative estimate of drug-likeness (QED) is 0.852. The normalized spacial score (nSPS) is 10.9. The Morgan fingerprint density at radius 1 is 1.04 bits per heavy atom. The molecule has 0 atom stereocenters. The predicted octanol–water partition coefficient (Wildman–Crippen LogP) is 2.36. The lowest BCUT2D eigenvalue weighted by Crippen LogP contribution is -2.34. The van der Waals surface area contributed by atoms with Crippen molar-refractivity contribution < 1.29 is 22.8 Å². The SMILES string of the molecule is O=C(NCc1cccnc1)C(=O)Nc1ccc(C(F)(F)F)cc1. The summed E-state index contributed by atoms with van der Waals surface area (Å²) in [5.41, 5.74) is -0.0285. The average Bonchev–Trinajstić information content (AvgIpc) is 2.53. The summed E-state index contributed by atoms with van der Waals surface area (Å²) < 4.78 is 37.2. The molecule has 8 heteroatoms. The van der Waals surface area contributed by atoms with Gasteiger partial charge in [-0.15, -0.1) is 0 Å². The molecule has 23 heavy (non-hydrogen) atoms. The topological polar surface area (TPSA) is 71.1 Å². The minimum absolute atomic E-state index is 0.0968. The minimum atomic E-state index is -4.45. The Hall–Kier alpha value is -2.90. The van der Waals surface area contributed by atoms with E-state index in [0.29, 0.717) is 5.56 Å². The van der Waals surface area contributed by atoms with Gasteiger partial charge in [0.15, 0.2) is 0 Å². The molecule has 0 unspecified atom stereocenters. The second kappa shape index (κ2) is 6.91. The number of nitrogens with zero attached hydrogens (tertiary/aromatic N) is 1. The van der Waals surface area contributed by atoms with Crippen LogP contribution >= 0.6 is 0 Å². The number of anilines is 1. The molecule has 2 amide bonds. The van der Waals surface area contributed by atoms with Crippen molar-refractivity contribution in [2.75, 3.05) is 5.32 Å². The molecule has 120 valence electrons. The number of rotatable bonds is 3. The summed E-state index contributed by atoms with van der Waals surface area (Å²) in [6.07, 6.45) is -1.35. The molecule has 0 saturated carbocycles. The van der Waals surface area contributed by atoms with Crippen LogP contribution in [0.4, 0.5) is 18.9 Å². The van der Waals surface area contributed by atoms with Crippen molar-refractivity contribution in [3.63, 3.8) is 0 Å². The van der Waals surface area contributed by atoms with Crippen molar-refractivity contribution in [3.05, 3.63) is 59.9 Å². The fourth-order valence-electron chi connectivity index (χ4n) is 1.70. The number of amides is 2. The van der Waals surface area contributed by atoms with Gasteiger partial charge in [0.25, 0.3) is 0 Å². The maximum absolute atomic E-state index is 12.4. The second-order valence-corrected chi connectivity index (χ2v) is 4.57. The number of carbonyl (C=O) groups excluding carboxylic acids is 2. The van der Waals surface area contributed by atoms with Gasteiger partial charge >= 0.3 is 18.0 Å². The van der Waals surface area contributed by atoms with Crippen LogP contribution in [0.5, 0.6) is 0 Å². The van der Waals surface area contributed by atoms with Gasteiger partial charge in [0.2, 0.25) is 0 Å². The number of aromatic nitrogens is 1. The zero-order chi connectivity index (χ0) is 16.9. The van der Waals surface area contributed by atoms with E-state index in [9.17, 15) is 22.8 Å². The fourth-order valence-corrected chi connectivity index (χ4v) is 1.70. The van der Waals surface area contributed by atoms with Crippen LogP contribution in [0.2, 0.25) is 0 Å². The zero-order valence-electron chi connectivity index (χ0n) is 11.7. The molecule has 0 spiro atoms. The third kappa shape index (κ3) is 4.80. The average molecular weight is 323 g/mol. The Morgan fingerprint density at radius 2 is 1.74 bits per heavy atom. The molecule has 0 bridgehead atoms. The molecule has 0 radical (unpaired) electrons. The van der Waals surface area contributed by atoms with Gasteiger partial charge in [-0.25, -0.2) is 0 Å². The van der Waals surface area contributed by atoms with Crippen LogP contribution in [0.3, 0.4) is 0 Å². The fraction of sp³-hybridized carbons (Fsp3) is 0.133. The van der Waals surface area contributed by atoms with Crippen LogP contribution in [0.25, 0.3) is 0 Å². The number of alkyl halides is 3. The van der Waals surface area contributed by atoms with Crippen LogP contribution in [0, 0.1) is 0 Å². The molecule has 0 aliphatic heterocycles. The van der Waals surface area contributed by atoms with Crippen LogP contribution in [0.15, 0.2) is 48.8 Å². The van der Waals surface area contributed by atoms with E-state index in [-0.39, 0.29) is 12.2 Å². The maximum atomic E-state index is 12.4. The Morgan fingerprint density at radius 3 is 2.30 bits per heavy atom. The predicted molar refractivity (Wildman–Crippen MR) is 76.2 cm³/mol. The van der Waals surface area contributed by atoms with Gasteiger partial charge in [0.05, 0.1) is 5.56 Å². The summed E-state index contributed by atoms with van der Waals surface area (Å²) >= 11 is 0. The molecule has 2 N–H and O–H groups in total. The van der Waals surface area contributed by atoms with Crippen molar-refractivity contribution in [3.8, 4) is 0 Å². The zero-order valence-corrected chi connectivity index (χ0v) is 11.7. The number of hydrogen-bond acceptors (Lipinski definition) is 3. The van der Waals surface area contributed by atoms with E-state index < -0.39 is 23.6 Å². The van der Waals surface area contributed by atoms with Gasteiger partial charge in [-0.05, 0) is 35.9 Å². The van der Waals surface area contributed by atoms with Gasteiger partial charge < -0.3 is 10.6 Å². The molecule has 2 rings (SSSR count). The summed E-state index contributed by atoms with van der Waals surface area (Å²) in [5.74, 6) is -1.86. The molecular formula is C15H12F3N3O2. The minimum Gasteiger partial charge on any atom is -0.344 e. The molecule has 0 aliphatic rings. The Bertz CT molecular complexity index is 685. The molecular weight excluding hydrogens is 311 g/mol. The van der Waals surface area contributed by atoms with E-state index >= 15 is 0 Å². The Balaban J connectivity index is 1.89. The first-order valence-corrected chi connectivity index (χ1v) is 6.51. The lowest BCUT2D eigenvalue weighted by Gasteiger charge is -2.09. The highest BCUT2D eigenvalue weighted by Gasteiger charge is 2.30. The monoisotopic (exact) mass is 323 g/mol. The lowest BCUT2D eigenvalue weighted by molar-refractivity contribution is -0.137. The van der Waals surface area contributed by atoms with Gasteiger partial charge in [0.1, 0.15) is 0 Å². The Labute approximate surface area is 129 Å². The van der Waals surface area contributed by atoms with E-state index in [4.69, 9.17) is 0 Å². The first-order valence-electron chi connectivity index (χ1n) is 6.51. The first kappa shape index (κ1) is 16.5. The van der Waals surface area contributed by atoms with Crippen molar-refractivity contribution >= 4 is 17.5 Å². The first-order chi connectivity index (χ1) is 10.9. The Kier molecular flexibility index (Phi) is 4.95. The highest BCUT2D eigenvalue weighted by molar-refractivity contribution is 6.39. The van der Waals surface area contributed by atoms with Crippen molar-refractivity contribution in [2.24, 2.45) is 0 Å². The number of hydrogen-bond donors (Lipinski definition) is 2. The van der Waals surface area contributed by atoms with E-state index in [2.05, 4.69) is 15.6 Å². The molecule has 0 fully saturated rings. The molecule has 1 aromatic carbocycles. The highest BCUT2D eigenvalue weighted by atomic mass is 19.4. The third-order valence-electron chi connectivity index (χ3n) is 2.85. The molecule has 5 nitrogen and oxygen atoms in total. The number of nitrogens with one attached hydrogen (secondary N) is 2. The van der Waals surface area contributed by atoms with Gasteiger partial charge in [-0.3, -0.25) is 14.6 Å². The van der Waals surface area contributed by atoms with E-state index in [0.717, 1.165) is 24.3 Å². The van der Waals surface area contributed by atoms with E-state index in [1.807, 2.05) is 0 Å². The molecule has 1 heterocycles. The summed E-state index contributed by atoms with van der Waals surface area (Å²) in [6.45, 7) is 0.118.